The fourth-order valence-electron chi connectivity index (χ4n) is 10.3. The molecule has 9 rings (SSSR count). The summed E-state index contributed by atoms with van der Waals surface area (Å²) < 4.78 is 48.4. The van der Waals surface area contributed by atoms with E-state index in [-0.39, 0.29) is 48.1 Å². The van der Waals surface area contributed by atoms with Crippen LogP contribution in [0, 0.1) is 11.8 Å². The smallest absolute Gasteiger partial charge is 0.416 e. The topological polar surface area (TPSA) is 170 Å². The van der Waals surface area contributed by atoms with Crippen LogP contribution in [0.25, 0.3) is 11.0 Å². The van der Waals surface area contributed by atoms with Crippen LogP contribution in [0.2, 0.25) is 0 Å². The SMILES string of the molecule is O=C1CCC(N2C(=O)c3ccc(OCCN4CCC(CN5CCN(Cc6ccc7c(c6)nc(NC(=O)c6cccc(C(F)(F)F)c6)n7C6CCC(CO)CC6)CC5)CC4)cc3C2=O)C(=O)N1. The molecule has 3 aromatic carbocycles. The van der Waals surface area contributed by atoms with E-state index in [2.05, 4.69) is 31.4 Å². The summed E-state index contributed by atoms with van der Waals surface area (Å²) in [6.07, 6.45) is 0.994. The van der Waals surface area contributed by atoms with Crippen molar-refractivity contribution in [3.05, 3.63) is 88.5 Å². The van der Waals surface area contributed by atoms with Gasteiger partial charge in [-0.05, 0) is 124 Å². The van der Waals surface area contributed by atoms with E-state index in [9.17, 15) is 42.3 Å². The monoisotopic (exact) mass is 912 g/mol. The molecule has 4 aliphatic heterocycles. The van der Waals surface area contributed by atoms with Crippen LogP contribution < -0.4 is 15.4 Å². The zero-order chi connectivity index (χ0) is 46.1. The number of piperazine rings is 1. The van der Waals surface area contributed by atoms with E-state index in [4.69, 9.17) is 9.72 Å². The molecule has 66 heavy (non-hydrogen) atoms. The number of ether oxygens (including phenoxy) is 1. The summed E-state index contributed by atoms with van der Waals surface area (Å²) in [4.78, 5) is 76.7. The molecule has 1 aliphatic carbocycles. The molecule has 1 saturated carbocycles. The number of nitrogens with one attached hydrogen (secondary N) is 2. The van der Waals surface area contributed by atoms with E-state index in [1.807, 2.05) is 16.7 Å². The molecule has 15 nitrogen and oxygen atoms in total. The van der Waals surface area contributed by atoms with E-state index in [1.165, 1.54) is 12.1 Å². The molecule has 4 aromatic rings. The molecule has 1 atom stereocenters. The Balaban J connectivity index is 0.738. The number of hydrogen-bond acceptors (Lipinski definition) is 11. The standard InChI is InChI=1S/C48H55F3N8O7/c49-48(50,51)34-3-1-2-33(25-34)43(62)54-47-52-39-24-32(6-11-40(39)58(47)35-7-4-31(29-60)5-8-35)28-57-20-18-56(19-21-57)27-30-14-16-55(17-15-30)22-23-66-36-9-10-37-38(26-36)46(65)59(45(37)64)41-12-13-42(61)53-44(41)63/h1-3,6,9-11,24-26,30-31,35,41,60H,4-5,7-8,12-23,27-29H2,(H,52,54,62)(H,53,61,63). The van der Waals surface area contributed by atoms with Crippen molar-refractivity contribution in [2.24, 2.45) is 11.8 Å². The number of imidazole rings is 1. The minimum atomic E-state index is -4.57. The third-order valence-corrected chi connectivity index (χ3v) is 14.1. The van der Waals surface area contributed by atoms with Gasteiger partial charge in [0.1, 0.15) is 18.4 Å². The quantitative estimate of drug-likeness (QED) is 0.148. The van der Waals surface area contributed by atoms with Crippen molar-refractivity contribution in [2.45, 2.75) is 76.2 Å². The second kappa shape index (κ2) is 19.3. The summed E-state index contributed by atoms with van der Waals surface area (Å²) in [5, 5.41) is 14.8. The first-order valence-electron chi connectivity index (χ1n) is 23.1. The van der Waals surface area contributed by atoms with Crippen molar-refractivity contribution >= 4 is 46.5 Å². The molecule has 4 fully saturated rings. The number of hydrogen-bond donors (Lipinski definition) is 3. The molecule has 18 heteroatoms. The van der Waals surface area contributed by atoms with Crippen LogP contribution in [0.1, 0.15) is 99.6 Å². The van der Waals surface area contributed by atoms with Gasteiger partial charge in [0.25, 0.3) is 17.7 Å². The molecular weight excluding hydrogens is 858 g/mol. The van der Waals surface area contributed by atoms with Gasteiger partial charge in [-0.3, -0.25) is 49.3 Å². The first kappa shape index (κ1) is 45.5. The number of carbonyl (C=O) groups excluding carboxylic acids is 5. The van der Waals surface area contributed by atoms with E-state index in [0.29, 0.717) is 29.7 Å². The summed E-state index contributed by atoms with van der Waals surface area (Å²) in [7, 11) is 0. The van der Waals surface area contributed by atoms with Crippen molar-refractivity contribution in [3.8, 4) is 5.75 Å². The zero-order valence-corrected chi connectivity index (χ0v) is 36.7. The number of benzene rings is 3. The Morgan fingerprint density at radius 3 is 2.27 bits per heavy atom. The number of nitrogens with zero attached hydrogens (tertiary/aromatic N) is 6. The summed E-state index contributed by atoms with van der Waals surface area (Å²) in [6, 6.07) is 14.4. The van der Waals surface area contributed by atoms with Crippen molar-refractivity contribution in [1.82, 2.24) is 34.5 Å². The normalized spacial score (nSPS) is 22.8. The molecule has 5 aliphatic rings. The molecule has 5 amide bonds. The van der Waals surface area contributed by atoms with Crippen LogP contribution >= 0.6 is 0 Å². The predicted molar refractivity (Wildman–Crippen MR) is 237 cm³/mol. The summed E-state index contributed by atoms with van der Waals surface area (Å²) >= 11 is 0. The molecule has 0 radical (unpaired) electrons. The van der Waals surface area contributed by atoms with Gasteiger partial charge in [-0.1, -0.05) is 12.1 Å². The molecule has 350 valence electrons. The van der Waals surface area contributed by atoms with Crippen LogP contribution in [0.15, 0.2) is 60.7 Å². The fraction of sp³-hybridized carbons (Fsp3) is 0.500. The lowest BCUT2D eigenvalue weighted by atomic mass is 9.86. The number of amides is 5. The lowest BCUT2D eigenvalue weighted by molar-refractivity contribution is -0.138. The largest absolute Gasteiger partial charge is 0.492 e. The highest BCUT2D eigenvalue weighted by Gasteiger charge is 2.45. The Bertz CT molecular complexity index is 2490. The number of alkyl halides is 3. The van der Waals surface area contributed by atoms with Crippen LogP contribution in [0.3, 0.4) is 0 Å². The lowest BCUT2D eigenvalue weighted by Crippen LogP contribution is -2.54. The molecular formula is C48H55F3N8O7. The zero-order valence-electron chi connectivity index (χ0n) is 36.7. The van der Waals surface area contributed by atoms with Crippen LogP contribution in [-0.2, 0) is 22.3 Å². The lowest BCUT2D eigenvalue weighted by Gasteiger charge is -2.39. The molecule has 0 spiro atoms. The molecule has 1 aromatic heterocycles. The Labute approximate surface area is 380 Å². The maximum Gasteiger partial charge on any atom is 0.416 e. The van der Waals surface area contributed by atoms with Gasteiger partial charge in [0.05, 0.1) is 27.7 Å². The second-order valence-corrected chi connectivity index (χ2v) is 18.4. The second-order valence-electron chi connectivity index (χ2n) is 18.4. The van der Waals surface area contributed by atoms with E-state index >= 15 is 0 Å². The van der Waals surface area contributed by atoms with E-state index < -0.39 is 47.3 Å². The summed E-state index contributed by atoms with van der Waals surface area (Å²) in [6.45, 7) is 8.77. The Hall–Kier alpha value is -5.69. The summed E-state index contributed by atoms with van der Waals surface area (Å²) in [5.74, 6) is -1.21. The molecule has 3 N–H and O–H groups in total. The van der Waals surface area contributed by atoms with E-state index in [1.54, 1.807) is 18.2 Å². The number of carbonyl (C=O) groups is 5. The fourth-order valence-corrected chi connectivity index (χ4v) is 10.3. The Kier molecular flexibility index (Phi) is 13.3. The number of fused-ring (bicyclic) bond motifs is 2. The minimum absolute atomic E-state index is 0.0176. The van der Waals surface area contributed by atoms with Crippen molar-refractivity contribution in [1.29, 1.82) is 0 Å². The first-order valence-corrected chi connectivity index (χ1v) is 23.1. The highest BCUT2D eigenvalue weighted by Crippen LogP contribution is 2.38. The maximum absolute atomic E-state index is 13.5. The van der Waals surface area contributed by atoms with E-state index in [0.717, 1.165) is 126 Å². The number of piperidine rings is 2. The summed E-state index contributed by atoms with van der Waals surface area (Å²) in [5.41, 5.74) is 2.09. The Morgan fingerprint density at radius 2 is 1.55 bits per heavy atom. The highest BCUT2D eigenvalue weighted by atomic mass is 19.4. The number of imide groups is 2. The van der Waals surface area contributed by atoms with Gasteiger partial charge in [0, 0.05) is 70.4 Å². The van der Waals surface area contributed by atoms with Crippen molar-refractivity contribution < 1.29 is 47.0 Å². The first-order chi connectivity index (χ1) is 31.8. The number of aliphatic hydroxyl groups excluding tert-OH is 1. The van der Waals surface area contributed by atoms with Gasteiger partial charge >= 0.3 is 6.18 Å². The van der Waals surface area contributed by atoms with Gasteiger partial charge in [-0.15, -0.1) is 0 Å². The van der Waals surface area contributed by atoms with Crippen molar-refractivity contribution in [2.75, 3.05) is 70.9 Å². The average molecular weight is 913 g/mol. The number of halogens is 3. The van der Waals surface area contributed by atoms with Gasteiger partial charge in [0.15, 0.2) is 0 Å². The van der Waals surface area contributed by atoms with Crippen molar-refractivity contribution in [3.63, 3.8) is 0 Å². The van der Waals surface area contributed by atoms with Crippen LogP contribution in [-0.4, -0.2) is 135 Å². The minimum Gasteiger partial charge on any atom is -0.492 e. The predicted octanol–water partition coefficient (Wildman–Crippen LogP) is 5.34. The molecule has 3 saturated heterocycles. The van der Waals surface area contributed by atoms with Gasteiger partial charge in [-0.25, -0.2) is 4.98 Å². The molecule has 5 heterocycles. The maximum atomic E-state index is 13.5. The number of rotatable bonds is 13. The average Bonchev–Trinajstić information content (AvgIpc) is 3.79. The molecule has 0 bridgehead atoms. The highest BCUT2D eigenvalue weighted by molar-refractivity contribution is 6.23. The third-order valence-electron chi connectivity index (χ3n) is 14.1. The van der Waals surface area contributed by atoms with Gasteiger partial charge in [-0.2, -0.15) is 13.2 Å². The number of aromatic nitrogens is 2. The Morgan fingerprint density at radius 1 is 0.803 bits per heavy atom. The van der Waals surface area contributed by atoms with Gasteiger partial charge < -0.3 is 19.3 Å². The van der Waals surface area contributed by atoms with Crippen LogP contribution in [0.5, 0.6) is 5.75 Å². The van der Waals surface area contributed by atoms with Gasteiger partial charge in [0.2, 0.25) is 17.8 Å². The van der Waals surface area contributed by atoms with Crippen LogP contribution in [0.4, 0.5) is 19.1 Å². The third kappa shape index (κ3) is 9.87. The number of aliphatic hydroxyl groups is 1. The molecule has 1 unspecified atom stereocenters. The number of likely N-dealkylation sites (tertiary alicyclic amines) is 1. The number of anilines is 1.